The van der Waals surface area contributed by atoms with Gasteiger partial charge in [-0.1, -0.05) is 24.3 Å². The predicted octanol–water partition coefficient (Wildman–Crippen LogP) is 0.759. The third-order valence-electron chi connectivity index (χ3n) is 5.09. The molecule has 2 aliphatic heterocycles. The van der Waals surface area contributed by atoms with E-state index in [0.29, 0.717) is 17.5 Å². The van der Waals surface area contributed by atoms with Crippen LogP contribution in [0.15, 0.2) is 42.6 Å². The fourth-order valence-electron chi connectivity index (χ4n) is 3.62. The fraction of sp³-hybridized carbons (Fsp3) is 0.350. The second-order valence-electron chi connectivity index (χ2n) is 7.00. The first-order valence-corrected chi connectivity index (χ1v) is 9.35. The number of rotatable bonds is 3. The molecule has 0 spiro atoms. The van der Waals surface area contributed by atoms with E-state index in [1.54, 1.807) is 18.2 Å². The van der Waals surface area contributed by atoms with Gasteiger partial charge in [-0.3, -0.25) is 14.6 Å². The van der Waals surface area contributed by atoms with Crippen molar-refractivity contribution in [3.63, 3.8) is 0 Å². The van der Waals surface area contributed by atoms with E-state index in [0.717, 1.165) is 0 Å². The van der Waals surface area contributed by atoms with Crippen molar-refractivity contribution in [2.24, 2.45) is 0 Å². The van der Waals surface area contributed by atoms with Gasteiger partial charge in [0, 0.05) is 0 Å². The smallest absolute Gasteiger partial charge is 0.328 e. The van der Waals surface area contributed by atoms with Crippen LogP contribution < -0.4 is 5.32 Å². The molecule has 2 aliphatic rings. The lowest BCUT2D eigenvalue weighted by molar-refractivity contribution is -0.164. The van der Waals surface area contributed by atoms with E-state index in [2.05, 4.69) is 15.3 Å². The van der Waals surface area contributed by atoms with Gasteiger partial charge in [0.1, 0.15) is 11.7 Å². The fourth-order valence-corrected chi connectivity index (χ4v) is 3.62. The second kappa shape index (κ2) is 7.96. The Kier molecular flexibility index (Phi) is 5.22. The van der Waals surface area contributed by atoms with E-state index in [1.807, 2.05) is 18.2 Å². The Balaban J connectivity index is 1.58. The van der Waals surface area contributed by atoms with Gasteiger partial charge >= 0.3 is 5.97 Å². The number of carboxylic acids is 1. The molecule has 1 aromatic carbocycles. The highest BCUT2D eigenvalue weighted by atomic mass is 16.5. The average molecular weight is 396 g/mol. The Morgan fingerprint density at radius 2 is 1.90 bits per heavy atom. The zero-order chi connectivity index (χ0) is 20.4. The van der Waals surface area contributed by atoms with Crippen molar-refractivity contribution in [3.8, 4) is 0 Å². The molecule has 1 fully saturated rings. The first kappa shape index (κ1) is 19.0. The van der Waals surface area contributed by atoms with Crippen molar-refractivity contribution in [2.75, 3.05) is 13.2 Å². The van der Waals surface area contributed by atoms with Crippen molar-refractivity contribution in [1.82, 2.24) is 20.2 Å². The van der Waals surface area contributed by atoms with Crippen LogP contribution in [-0.2, 0) is 14.3 Å². The van der Waals surface area contributed by atoms with Crippen LogP contribution in [0.25, 0.3) is 11.0 Å². The molecule has 29 heavy (non-hydrogen) atoms. The van der Waals surface area contributed by atoms with Gasteiger partial charge in [0.05, 0.1) is 36.5 Å². The number of ether oxygens (including phenoxy) is 1. The van der Waals surface area contributed by atoms with Crippen molar-refractivity contribution in [3.05, 3.63) is 48.3 Å². The van der Waals surface area contributed by atoms with E-state index in [4.69, 9.17) is 4.74 Å². The van der Waals surface area contributed by atoms with Gasteiger partial charge in [0.15, 0.2) is 6.04 Å². The Bertz CT molecular complexity index is 992. The lowest BCUT2D eigenvalue weighted by Crippen LogP contribution is -2.62. The van der Waals surface area contributed by atoms with E-state index < -0.39 is 29.9 Å². The van der Waals surface area contributed by atoms with Crippen molar-refractivity contribution >= 4 is 28.8 Å². The summed E-state index contributed by atoms with van der Waals surface area (Å²) in [6.45, 7) is 0.189. The minimum absolute atomic E-state index is 0.0713. The van der Waals surface area contributed by atoms with Crippen LogP contribution in [0.4, 0.5) is 0 Å². The molecule has 0 bridgehead atoms. The molecule has 1 saturated heterocycles. The zero-order valence-corrected chi connectivity index (χ0v) is 15.5. The molecule has 9 heteroatoms. The van der Waals surface area contributed by atoms with Crippen LogP contribution in [0, 0.1) is 0 Å². The van der Waals surface area contributed by atoms with Crippen LogP contribution in [0.3, 0.4) is 0 Å². The molecule has 9 nitrogen and oxygen atoms in total. The molecular formula is C20H20N4O5. The highest BCUT2D eigenvalue weighted by Gasteiger charge is 2.41. The predicted molar refractivity (Wildman–Crippen MR) is 102 cm³/mol. The molecule has 3 atom stereocenters. The van der Waals surface area contributed by atoms with Gasteiger partial charge in [-0.15, -0.1) is 0 Å². The van der Waals surface area contributed by atoms with Gasteiger partial charge in [-0.2, -0.15) is 0 Å². The number of aromatic nitrogens is 2. The summed E-state index contributed by atoms with van der Waals surface area (Å²) in [5.74, 6) is -2.09. The quantitative estimate of drug-likeness (QED) is 0.735. The third-order valence-corrected chi connectivity index (χ3v) is 5.09. The lowest BCUT2D eigenvalue weighted by Gasteiger charge is -2.42. The number of hydrogen-bond acceptors (Lipinski definition) is 6. The number of amides is 2. The van der Waals surface area contributed by atoms with Gasteiger partial charge in [0.2, 0.25) is 5.91 Å². The maximum Gasteiger partial charge on any atom is 0.328 e. The molecule has 0 saturated carbocycles. The Morgan fingerprint density at radius 1 is 1.14 bits per heavy atom. The van der Waals surface area contributed by atoms with Gasteiger partial charge in [-0.05, 0) is 25.0 Å². The minimum atomic E-state index is -1.13. The normalized spacial score (nSPS) is 24.5. The van der Waals surface area contributed by atoms with Crippen LogP contribution in [0.2, 0.25) is 0 Å². The molecule has 0 unspecified atom stereocenters. The van der Waals surface area contributed by atoms with Gasteiger partial charge in [-0.25, -0.2) is 9.78 Å². The first-order chi connectivity index (χ1) is 14.0. The number of benzene rings is 1. The topological polar surface area (TPSA) is 122 Å². The van der Waals surface area contributed by atoms with E-state index in [-0.39, 0.29) is 31.4 Å². The molecule has 2 N–H and O–H groups in total. The molecule has 4 rings (SSSR count). The largest absolute Gasteiger partial charge is 0.480 e. The van der Waals surface area contributed by atoms with E-state index in [9.17, 15) is 19.5 Å². The number of nitrogens with zero attached hydrogens (tertiary/aromatic N) is 3. The zero-order valence-electron chi connectivity index (χ0n) is 15.5. The number of aliphatic carboxylic acids is 1. The first-order valence-electron chi connectivity index (χ1n) is 9.35. The Hall–Kier alpha value is -3.33. The Labute approximate surface area is 166 Å². The molecule has 3 heterocycles. The van der Waals surface area contributed by atoms with Crippen molar-refractivity contribution in [2.45, 2.75) is 31.0 Å². The molecule has 0 aliphatic carbocycles. The van der Waals surface area contributed by atoms with Gasteiger partial charge in [0.25, 0.3) is 5.91 Å². The van der Waals surface area contributed by atoms with Crippen LogP contribution >= 0.6 is 0 Å². The summed E-state index contributed by atoms with van der Waals surface area (Å²) in [7, 11) is 0. The monoisotopic (exact) mass is 396 g/mol. The van der Waals surface area contributed by atoms with Crippen molar-refractivity contribution in [1.29, 1.82) is 0 Å². The molecule has 0 radical (unpaired) electrons. The average Bonchev–Trinajstić information content (AvgIpc) is 2.73. The number of morpholine rings is 1. The summed E-state index contributed by atoms with van der Waals surface area (Å²) < 4.78 is 5.37. The van der Waals surface area contributed by atoms with Gasteiger partial charge < -0.3 is 20.1 Å². The molecule has 150 valence electrons. The molecular weight excluding hydrogens is 376 g/mol. The van der Waals surface area contributed by atoms with Crippen LogP contribution in [0.1, 0.15) is 23.3 Å². The molecule has 2 aromatic rings. The van der Waals surface area contributed by atoms with E-state index in [1.165, 1.54) is 11.1 Å². The number of hydrogen-bond donors (Lipinski definition) is 2. The maximum atomic E-state index is 13.1. The summed E-state index contributed by atoms with van der Waals surface area (Å²) in [5.41, 5.74) is 1.33. The second-order valence-corrected chi connectivity index (χ2v) is 7.00. The highest BCUT2D eigenvalue weighted by molar-refractivity contribution is 5.98. The Morgan fingerprint density at radius 3 is 2.69 bits per heavy atom. The molecule has 1 aromatic heterocycles. The molecule has 2 amide bonds. The number of nitrogens with one attached hydrogen (secondary N) is 1. The third kappa shape index (κ3) is 3.81. The van der Waals surface area contributed by atoms with Crippen LogP contribution in [0.5, 0.6) is 0 Å². The highest BCUT2D eigenvalue weighted by Crippen LogP contribution is 2.22. The maximum absolute atomic E-state index is 13.1. The van der Waals surface area contributed by atoms with Crippen molar-refractivity contribution < 1.29 is 24.2 Å². The number of carboxylic acid groups (broad SMARTS) is 1. The number of fused-ring (bicyclic) bond motifs is 2. The summed E-state index contributed by atoms with van der Waals surface area (Å²) in [6.07, 6.45) is 5.83. The summed E-state index contributed by atoms with van der Waals surface area (Å²) in [4.78, 5) is 47.4. The standard InChI is InChI=1S/C20H20N4O5/c25-18(16-9-21-13-6-3-4-7-14(13)22-16)23-15-8-2-1-5-12-10-29-11-17(20(27)28)24(12)19(15)26/h1-4,6-7,9,12,15,17H,5,8,10-11H2,(H,23,25)(H,27,28)/t12-,15-,17-/m0/s1. The SMILES string of the molecule is O=C(N[C@H]1CC=CC[C@H]2COC[C@@H](C(=O)O)N2C1=O)c1cnc2ccccc2n1. The van der Waals surface area contributed by atoms with Crippen LogP contribution in [-0.4, -0.2) is 69.1 Å². The summed E-state index contributed by atoms with van der Waals surface area (Å²) in [6, 6.07) is 4.81. The summed E-state index contributed by atoms with van der Waals surface area (Å²) >= 11 is 0. The number of para-hydroxylation sites is 2. The summed E-state index contributed by atoms with van der Waals surface area (Å²) in [5, 5.41) is 12.2. The minimum Gasteiger partial charge on any atom is -0.480 e. The number of carbonyl (C=O) groups excluding carboxylic acids is 2. The number of carbonyl (C=O) groups is 3. The van der Waals surface area contributed by atoms with E-state index >= 15 is 0 Å². The lowest BCUT2D eigenvalue weighted by atomic mass is 10.00.